The molecule has 1 N–H and O–H groups in total. The first-order valence-corrected chi connectivity index (χ1v) is 6.61. The summed E-state index contributed by atoms with van der Waals surface area (Å²) in [5, 5.41) is 6.32. The fourth-order valence-electron chi connectivity index (χ4n) is 1.40. The van der Waals surface area contributed by atoms with Gasteiger partial charge in [-0.25, -0.2) is 8.42 Å². The van der Waals surface area contributed by atoms with Crippen molar-refractivity contribution >= 4 is 21.6 Å². The molecule has 1 saturated carbocycles. The van der Waals surface area contributed by atoms with E-state index in [1.165, 1.54) is 10.5 Å². The lowest BCUT2D eigenvalue weighted by Gasteiger charge is -2.15. The highest BCUT2D eigenvalue weighted by Crippen LogP contribution is 2.30. The van der Waals surface area contributed by atoms with Crippen molar-refractivity contribution in [1.82, 2.24) is 14.5 Å². The van der Waals surface area contributed by atoms with Gasteiger partial charge in [0.2, 0.25) is 0 Å². The number of hydrogen-bond acceptors (Lipinski definition) is 3. The quantitative estimate of drug-likeness (QED) is 0.808. The third-order valence-electron chi connectivity index (χ3n) is 2.52. The Bertz CT molecular complexity index is 452. The minimum absolute atomic E-state index is 0.118. The van der Waals surface area contributed by atoms with Crippen LogP contribution in [0.15, 0.2) is 11.2 Å². The maximum absolute atomic E-state index is 12.1. The molecule has 1 aliphatic rings. The number of nitrogens with one attached hydrogen (secondary N) is 1. The van der Waals surface area contributed by atoms with E-state index < -0.39 is 10.0 Å². The van der Waals surface area contributed by atoms with E-state index in [1.807, 2.05) is 0 Å². The third-order valence-corrected chi connectivity index (χ3v) is 4.73. The van der Waals surface area contributed by atoms with E-state index in [2.05, 4.69) is 10.2 Å². The van der Waals surface area contributed by atoms with E-state index >= 15 is 0 Å². The predicted octanol–water partition coefficient (Wildman–Crippen LogP) is 0.931. The van der Waals surface area contributed by atoms with E-state index in [-0.39, 0.29) is 16.9 Å². The first-order valence-electron chi connectivity index (χ1n) is 4.63. The zero-order valence-electron chi connectivity index (χ0n) is 8.27. The van der Waals surface area contributed by atoms with Crippen LogP contribution in [0.4, 0.5) is 0 Å². The smallest absolute Gasteiger partial charge is 0.260 e. The standard InChI is InChI=1S/C8H12ClN3O2S/c1-12(7-2-3-7)15(13,14)8-6(4-9)5-10-11-8/h5,7H,2-4H2,1H3,(H,10,11). The van der Waals surface area contributed by atoms with Crippen LogP contribution in [0.2, 0.25) is 0 Å². The Morgan fingerprint density at radius 1 is 1.67 bits per heavy atom. The molecule has 1 fully saturated rings. The van der Waals surface area contributed by atoms with Crippen molar-refractivity contribution in [3.05, 3.63) is 11.8 Å². The number of sulfonamides is 1. The lowest BCUT2D eigenvalue weighted by Crippen LogP contribution is -2.29. The van der Waals surface area contributed by atoms with Gasteiger partial charge in [-0.3, -0.25) is 5.10 Å². The molecule has 0 bridgehead atoms. The largest absolute Gasteiger partial charge is 0.266 e. The predicted molar refractivity (Wildman–Crippen MR) is 56.1 cm³/mol. The second-order valence-corrected chi connectivity index (χ2v) is 5.81. The molecule has 2 rings (SSSR count). The normalized spacial score (nSPS) is 17.3. The number of halogens is 1. The van der Waals surface area contributed by atoms with Crippen LogP contribution in [0.5, 0.6) is 0 Å². The molecule has 0 radical (unpaired) electrons. The molecule has 0 saturated heterocycles. The van der Waals surface area contributed by atoms with Crippen LogP contribution in [0.3, 0.4) is 0 Å². The van der Waals surface area contributed by atoms with Crippen molar-refractivity contribution in [2.75, 3.05) is 7.05 Å². The van der Waals surface area contributed by atoms with E-state index in [1.54, 1.807) is 7.05 Å². The Morgan fingerprint density at radius 3 is 2.87 bits per heavy atom. The van der Waals surface area contributed by atoms with Crippen molar-refractivity contribution < 1.29 is 8.42 Å². The van der Waals surface area contributed by atoms with Crippen LogP contribution in [0.25, 0.3) is 0 Å². The number of rotatable bonds is 4. The molecule has 0 aliphatic heterocycles. The fraction of sp³-hybridized carbons (Fsp3) is 0.625. The number of nitrogens with zero attached hydrogens (tertiary/aromatic N) is 2. The summed E-state index contributed by atoms with van der Waals surface area (Å²) in [6.07, 6.45) is 3.31. The molecule has 1 heterocycles. The second kappa shape index (κ2) is 3.77. The topological polar surface area (TPSA) is 66.1 Å². The molecular formula is C8H12ClN3O2S. The Balaban J connectivity index is 2.36. The lowest BCUT2D eigenvalue weighted by molar-refractivity contribution is 0.460. The maximum Gasteiger partial charge on any atom is 0.260 e. The van der Waals surface area contributed by atoms with Crippen LogP contribution in [0, 0.1) is 0 Å². The second-order valence-electron chi connectivity index (χ2n) is 3.61. The Hall–Kier alpha value is -0.590. The maximum atomic E-state index is 12.1. The lowest BCUT2D eigenvalue weighted by atomic mass is 10.4. The molecule has 15 heavy (non-hydrogen) atoms. The first kappa shape index (κ1) is 10.9. The molecular weight excluding hydrogens is 238 g/mol. The summed E-state index contributed by atoms with van der Waals surface area (Å²) in [5.74, 6) is 0.142. The third kappa shape index (κ3) is 1.89. The van der Waals surface area contributed by atoms with Gasteiger partial charge in [-0.2, -0.15) is 9.40 Å². The molecule has 5 nitrogen and oxygen atoms in total. The summed E-state index contributed by atoms with van der Waals surface area (Å²) in [6.45, 7) is 0. The average Bonchev–Trinajstić information content (AvgIpc) is 2.93. The van der Waals surface area contributed by atoms with Gasteiger partial charge >= 0.3 is 0 Å². The van der Waals surface area contributed by atoms with Crippen molar-refractivity contribution in [3.63, 3.8) is 0 Å². The summed E-state index contributed by atoms with van der Waals surface area (Å²) < 4.78 is 25.5. The van der Waals surface area contributed by atoms with Crippen LogP contribution in [-0.2, 0) is 15.9 Å². The highest BCUT2D eigenvalue weighted by atomic mass is 35.5. The zero-order chi connectivity index (χ0) is 11.1. The van der Waals surface area contributed by atoms with E-state index in [9.17, 15) is 8.42 Å². The van der Waals surface area contributed by atoms with Gasteiger partial charge in [-0.1, -0.05) is 0 Å². The summed E-state index contributed by atoms with van der Waals surface area (Å²) in [6, 6.07) is 0.140. The first-order chi connectivity index (χ1) is 7.07. The van der Waals surface area contributed by atoms with Gasteiger partial charge in [0.25, 0.3) is 10.0 Å². The Morgan fingerprint density at radius 2 is 2.33 bits per heavy atom. The fourth-order valence-corrected chi connectivity index (χ4v) is 3.19. The number of H-pyrrole nitrogens is 1. The van der Waals surface area contributed by atoms with Crippen LogP contribution >= 0.6 is 11.6 Å². The SMILES string of the molecule is CN(C1CC1)S(=O)(=O)c1[nH]ncc1CCl. The monoisotopic (exact) mass is 249 g/mol. The van der Waals surface area contributed by atoms with Crippen molar-refractivity contribution in [2.45, 2.75) is 29.8 Å². The van der Waals surface area contributed by atoms with E-state index in [0.717, 1.165) is 12.8 Å². The van der Waals surface area contributed by atoms with E-state index in [4.69, 9.17) is 11.6 Å². The van der Waals surface area contributed by atoms with Crippen LogP contribution in [0.1, 0.15) is 18.4 Å². The molecule has 0 aromatic carbocycles. The van der Waals surface area contributed by atoms with Gasteiger partial charge in [-0.15, -0.1) is 11.6 Å². The molecule has 1 aromatic heterocycles. The minimum atomic E-state index is -3.44. The van der Waals surface area contributed by atoms with Gasteiger partial charge in [0, 0.05) is 18.7 Å². The molecule has 0 amide bonds. The molecule has 1 aromatic rings. The molecule has 7 heteroatoms. The highest BCUT2D eigenvalue weighted by Gasteiger charge is 2.36. The summed E-state index contributed by atoms with van der Waals surface area (Å²) >= 11 is 5.64. The zero-order valence-corrected chi connectivity index (χ0v) is 9.85. The van der Waals surface area contributed by atoms with Crippen molar-refractivity contribution in [3.8, 4) is 0 Å². The molecule has 0 spiro atoms. The van der Waals surface area contributed by atoms with Crippen molar-refractivity contribution in [2.24, 2.45) is 0 Å². The summed E-state index contributed by atoms with van der Waals surface area (Å²) in [5.41, 5.74) is 0.518. The number of aromatic nitrogens is 2. The molecule has 0 unspecified atom stereocenters. The minimum Gasteiger partial charge on any atom is -0.266 e. The van der Waals surface area contributed by atoms with Gasteiger partial charge in [-0.05, 0) is 12.8 Å². The van der Waals surface area contributed by atoms with Crippen molar-refractivity contribution in [1.29, 1.82) is 0 Å². The number of hydrogen-bond donors (Lipinski definition) is 1. The highest BCUT2D eigenvalue weighted by molar-refractivity contribution is 7.89. The summed E-state index contributed by atoms with van der Waals surface area (Å²) in [4.78, 5) is 0. The molecule has 1 aliphatic carbocycles. The Labute approximate surface area is 93.5 Å². The van der Waals surface area contributed by atoms with Gasteiger partial charge in [0.15, 0.2) is 5.03 Å². The Kier molecular flexibility index (Phi) is 2.74. The van der Waals surface area contributed by atoms with Gasteiger partial charge in [0.1, 0.15) is 0 Å². The van der Waals surface area contributed by atoms with Crippen LogP contribution in [-0.4, -0.2) is 36.0 Å². The molecule has 0 atom stereocenters. The van der Waals surface area contributed by atoms with E-state index in [0.29, 0.717) is 5.56 Å². The average molecular weight is 250 g/mol. The van der Waals surface area contributed by atoms with Gasteiger partial charge in [0.05, 0.1) is 12.1 Å². The number of aromatic amines is 1. The molecule has 84 valence electrons. The van der Waals surface area contributed by atoms with Gasteiger partial charge < -0.3 is 0 Å². The van der Waals surface area contributed by atoms with Crippen LogP contribution < -0.4 is 0 Å². The number of alkyl halides is 1. The summed E-state index contributed by atoms with van der Waals surface area (Å²) in [7, 11) is -1.86.